The smallest absolute Gasteiger partial charge is 0.237 e. The molecular formula is C21H25NO. The van der Waals surface area contributed by atoms with Crippen LogP contribution >= 0.6 is 0 Å². The third kappa shape index (κ3) is 2.37. The van der Waals surface area contributed by atoms with E-state index >= 15 is 0 Å². The number of rotatable bonds is 2. The SMILES string of the molecule is Cc1cc(C)c(CN2C(=O)C(C)(C)c3c(C)cccc32)c(C)c1. The number of anilines is 1. The Morgan fingerprint density at radius 3 is 2.17 bits per heavy atom. The van der Waals surface area contributed by atoms with E-state index in [0.29, 0.717) is 6.54 Å². The van der Waals surface area contributed by atoms with Gasteiger partial charge in [0.25, 0.3) is 0 Å². The maximum atomic E-state index is 13.1. The molecule has 0 aliphatic carbocycles. The zero-order valence-corrected chi connectivity index (χ0v) is 14.9. The van der Waals surface area contributed by atoms with Gasteiger partial charge in [0.2, 0.25) is 5.91 Å². The first-order valence-corrected chi connectivity index (χ1v) is 8.22. The van der Waals surface area contributed by atoms with Crippen LogP contribution in [0.15, 0.2) is 30.3 Å². The van der Waals surface area contributed by atoms with Gasteiger partial charge in [0, 0.05) is 5.69 Å². The fraction of sp³-hybridized carbons (Fsp3) is 0.381. The highest BCUT2D eigenvalue weighted by Gasteiger charge is 2.44. The molecule has 1 amide bonds. The summed E-state index contributed by atoms with van der Waals surface area (Å²) in [5.41, 5.74) is 8.03. The van der Waals surface area contributed by atoms with Gasteiger partial charge in [0.1, 0.15) is 0 Å². The maximum absolute atomic E-state index is 13.1. The Morgan fingerprint density at radius 1 is 0.957 bits per heavy atom. The molecule has 0 radical (unpaired) electrons. The number of amides is 1. The second kappa shape index (κ2) is 5.23. The van der Waals surface area contributed by atoms with Crippen molar-refractivity contribution in [2.45, 2.75) is 53.5 Å². The monoisotopic (exact) mass is 307 g/mol. The summed E-state index contributed by atoms with van der Waals surface area (Å²) in [6, 6.07) is 10.6. The molecule has 0 bridgehead atoms. The van der Waals surface area contributed by atoms with Crippen LogP contribution in [0.3, 0.4) is 0 Å². The van der Waals surface area contributed by atoms with Gasteiger partial charge in [-0.15, -0.1) is 0 Å². The number of aryl methyl sites for hydroxylation is 4. The largest absolute Gasteiger partial charge is 0.307 e. The van der Waals surface area contributed by atoms with Crippen LogP contribution in [0.2, 0.25) is 0 Å². The van der Waals surface area contributed by atoms with Crippen molar-refractivity contribution in [3.63, 3.8) is 0 Å². The Balaban J connectivity index is 2.10. The van der Waals surface area contributed by atoms with E-state index in [1.54, 1.807) is 0 Å². The molecule has 0 fully saturated rings. The molecule has 2 aromatic rings. The van der Waals surface area contributed by atoms with Gasteiger partial charge in [0.15, 0.2) is 0 Å². The summed E-state index contributed by atoms with van der Waals surface area (Å²) in [5.74, 6) is 0.196. The molecule has 0 spiro atoms. The van der Waals surface area contributed by atoms with Crippen LogP contribution in [-0.4, -0.2) is 5.91 Å². The van der Waals surface area contributed by atoms with Gasteiger partial charge in [-0.2, -0.15) is 0 Å². The average molecular weight is 307 g/mol. The fourth-order valence-electron chi connectivity index (χ4n) is 4.02. The molecule has 3 rings (SSSR count). The normalized spacial score (nSPS) is 15.9. The predicted molar refractivity (Wildman–Crippen MR) is 96.0 cm³/mol. The van der Waals surface area contributed by atoms with E-state index < -0.39 is 5.41 Å². The van der Waals surface area contributed by atoms with E-state index in [9.17, 15) is 4.79 Å². The van der Waals surface area contributed by atoms with Gasteiger partial charge in [0.05, 0.1) is 12.0 Å². The van der Waals surface area contributed by atoms with Crippen LogP contribution in [0.4, 0.5) is 5.69 Å². The van der Waals surface area contributed by atoms with Crippen LogP contribution in [0.1, 0.15) is 47.2 Å². The molecule has 2 nitrogen and oxygen atoms in total. The summed E-state index contributed by atoms with van der Waals surface area (Å²) in [5, 5.41) is 0. The molecule has 1 aliphatic rings. The van der Waals surface area contributed by atoms with Crippen molar-refractivity contribution in [3.8, 4) is 0 Å². The number of benzene rings is 2. The maximum Gasteiger partial charge on any atom is 0.237 e. The van der Waals surface area contributed by atoms with Crippen LogP contribution in [0.25, 0.3) is 0 Å². The van der Waals surface area contributed by atoms with E-state index in [1.807, 2.05) is 24.8 Å². The van der Waals surface area contributed by atoms with Crippen molar-refractivity contribution >= 4 is 11.6 Å². The van der Waals surface area contributed by atoms with Crippen LogP contribution in [-0.2, 0) is 16.8 Å². The molecule has 2 heteroatoms. The molecule has 0 unspecified atom stereocenters. The van der Waals surface area contributed by atoms with Crippen molar-refractivity contribution in [1.29, 1.82) is 0 Å². The number of nitrogens with zero attached hydrogens (tertiary/aromatic N) is 1. The summed E-state index contributed by atoms with van der Waals surface area (Å²) in [6.07, 6.45) is 0. The number of hydrogen-bond donors (Lipinski definition) is 0. The van der Waals surface area contributed by atoms with Gasteiger partial charge >= 0.3 is 0 Å². The highest BCUT2D eigenvalue weighted by atomic mass is 16.2. The molecule has 0 saturated heterocycles. The quantitative estimate of drug-likeness (QED) is 0.784. The van der Waals surface area contributed by atoms with Crippen molar-refractivity contribution in [2.24, 2.45) is 0 Å². The number of hydrogen-bond acceptors (Lipinski definition) is 1. The average Bonchev–Trinajstić information content (AvgIpc) is 2.63. The fourth-order valence-corrected chi connectivity index (χ4v) is 4.02. The van der Waals surface area contributed by atoms with Gasteiger partial charge in [-0.1, -0.05) is 29.8 Å². The minimum absolute atomic E-state index is 0.196. The van der Waals surface area contributed by atoms with E-state index in [2.05, 4.69) is 52.0 Å². The lowest BCUT2D eigenvalue weighted by Crippen LogP contribution is -2.36. The number of carbonyl (C=O) groups is 1. The Bertz CT molecular complexity index is 778. The van der Waals surface area contributed by atoms with E-state index in [0.717, 1.165) is 5.69 Å². The van der Waals surface area contributed by atoms with Crippen LogP contribution < -0.4 is 4.90 Å². The Kier molecular flexibility index (Phi) is 3.59. The molecule has 1 heterocycles. The molecular weight excluding hydrogens is 282 g/mol. The second-order valence-corrected chi connectivity index (χ2v) is 7.36. The summed E-state index contributed by atoms with van der Waals surface area (Å²) in [7, 11) is 0. The lowest BCUT2D eigenvalue weighted by Gasteiger charge is -2.23. The third-order valence-electron chi connectivity index (χ3n) is 5.10. The number of carbonyl (C=O) groups excluding carboxylic acids is 1. The lowest BCUT2D eigenvalue weighted by molar-refractivity contribution is -0.122. The molecule has 120 valence electrons. The number of fused-ring (bicyclic) bond motifs is 1. The predicted octanol–water partition coefficient (Wildman–Crippen LogP) is 4.74. The van der Waals surface area contributed by atoms with Crippen LogP contribution in [0, 0.1) is 27.7 Å². The molecule has 1 aliphatic heterocycles. The highest BCUT2D eigenvalue weighted by Crippen LogP contribution is 2.44. The first-order chi connectivity index (χ1) is 10.7. The van der Waals surface area contributed by atoms with Crippen LogP contribution in [0.5, 0.6) is 0 Å². The van der Waals surface area contributed by atoms with E-state index in [1.165, 1.54) is 33.4 Å². The summed E-state index contributed by atoms with van der Waals surface area (Å²) in [6.45, 7) is 13.2. The summed E-state index contributed by atoms with van der Waals surface area (Å²) in [4.78, 5) is 15.0. The Hall–Kier alpha value is -2.09. The second-order valence-electron chi connectivity index (χ2n) is 7.36. The van der Waals surface area contributed by atoms with E-state index in [4.69, 9.17) is 0 Å². The third-order valence-corrected chi connectivity index (χ3v) is 5.10. The standard InChI is InChI=1S/C21H25NO/c1-13-10-15(3)17(16(4)11-13)12-22-18-9-7-8-14(2)19(18)21(5,6)20(22)23/h7-11H,12H2,1-6H3. The first-order valence-electron chi connectivity index (χ1n) is 8.22. The minimum Gasteiger partial charge on any atom is -0.307 e. The van der Waals surface area contributed by atoms with Crippen molar-refractivity contribution in [1.82, 2.24) is 0 Å². The molecule has 0 atom stereocenters. The molecule has 0 N–H and O–H groups in total. The molecule has 0 aromatic heterocycles. The topological polar surface area (TPSA) is 20.3 Å². The Morgan fingerprint density at radius 2 is 1.57 bits per heavy atom. The van der Waals surface area contributed by atoms with E-state index in [-0.39, 0.29) is 5.91 Å². The van der Waals surface area contributed by atoms with Crippen molar-refractivity contribution < 1.29 is 4.79 Å². The minimum atomic E-state index is -0.451. The zero-order valence-electron chi connectivity index (χ0n) is 14.9. The Labute approximate surface area is 139 Å². The molecule has 2 aromatic carbocycles. The van der Waals surface area contributed by atoms with Crippen molar-refractivity contribution in [3.05, 3.63) is 63.7 Å². The van der Waals surface area contributed by atoms with Gasteiger partial charge in [-0.25, -0.2) is 0 Å². The summed E-state index contributed by atoms with van der Waals surface area (Å²) >= 11 is 0. The zero-order chi connectivity index (χ0) is 16.9. The summed E-state index contributed by atoms with van der Waals surface area (Å²) < 4.78 is 0. The molecule has 0 saturated carbocycles. The van der Waals surface area contributed by atoms with Gasteiger partial charge in [-0.05, 0) is 75.4 Å². The highest BCUT2D eigenvalue weighted by molar-refractivity contribution is 6.08. The molecule has 23 heavy (non-hydrogen) atoms. The lowest BCUT2D eigenvalue weighted by atomic mass is 9.83. The van der Waals surface area contributed by atoms with Gasteiger partial charge in [-0.3, -0.25) is 4.79 Å². The van der Waals surface area contributed by atoms with Gasteiger partial charge < -0.3 is 4.90 Å². The first kappa shape index (κ1) is 15.8. The van der Waals surface area contributed by atoms with Crippen molar-refractivity contribution in [2.75, 3.05) is 4.90 Å².